The number of nitrogens with zero attached hydrogens (tertiary/aromatic N) is 1. The van der Waals surface area contributed by atoms with Crippen LogP contribution in [0.3, 0.4) is 0 Å². The molecule has 1 aromatic carbocycles. The number of nitrogens with one attached hydrogen (secondary N) is 2. The van der Waals surface area contributed by atoms with Crippen LogP contribution in [0.4, 0.5) is 10.1 Å². The number of aromatic amines is 1. The second-order valence-corrected chi connectivity index (χ2v) is 6.46. The van der Waals surface area contributed by atoms with Gasteiger partial charge in [0.1, 0.15) is 16.4 Å². The van der Waals surface area contributed by atoms with Crippen molar-refractivity contribution in [2.24, 2.45) is 0 Å². The highest BCUT2D eigenvalue weighted by Crippen LogP contribution is 2.29. The van der Waals surface area contributed by atoms with E-state index in [4.69, 9.17) is 5.11 Å². The lowest BCUT2D eigenvalue weighted by atomic mass is 10.3. The number of rotatable bonds is 4. The molecule has 0 unspecified atom stereocenters. The summed E-state index contributed by atoms with van der Waals surface area (Å²) in [6.07, 6.45) is 0. The number of anilines is 1. The average molecular weight is 364 g/mol. The SMILES string of the molecule is Cc1[nH]nc(CO)c1S(=O)(=O)Nc1c(F)cccc1Br. The lowest BCUT2D eigenvalue weighted by molar-refractivity contribution is 0.273. The van der Waals surface area contributed by atoms with Crippen molar-refractivity contribution in [1.29, 1.82) is 0 Å². The van der Waals surface area contributed by atoms with Gasteiger partial charge in [-0.1, -0.05) is 6.07 Å². The minimum atomic E-state index is -4.06. The van der Waals surface area contributed by atoms with Crippen molar-refractivity contribution in [3.8, 4) is 0 Å². The molecule has 0 spiro atoms. The molecule has 2 rings (SSSR count). The molecular weight excluding hydrogens is 353 g/mol. The number of sulfonamides is 1. The largest absolute Gasteiger partial charge is 0.390 e. The number of aliphatic hydroxyl groups excluding tert-OH is 1. The van der Waals surface area contributed by atoms with Crippen LogP contribution in [0.2, 0.25) is 0 Å². The molecule has 0 bridgehead atoms. The van der Waals surface area contributed by atoms with Crippen LogP contribution in [0, 0.1) is 12.7 Å². The van der Waals surface area contributed by atoms with Crippen LogP contribution in [0.1, 0.15) is 11.4 Å². The third-order valence-electron chi connectivity index (χ3n) is 2.58. The molecule has 20 heavy (non-hydrogen) atoms. The molecule has 108 valence electrons. The minimum absolute atomic E-state index is 0.0255. The van der Waals surface area contributed by atoms with Gasteiger partial charge in [0.05, 0.1) is 18.0 Å². The Morgan fingerprint density at radius 1 is 1.50 bits per heavy atom. The standard InChI is InChI=1S/C11H11BrFN3O3S/c1-6-11(9(5-17)15-14-6)20(18,19)16-10-7(12)3-2-4-8(10)13/h2-4,16-17H,5H2,1H3,(H,14,15). The molecule has 1 aromatic heterocycles. The number of aryl methyl sites for hydroxylation is 1. The molecule has 9 heteroatoms. The van der Waals surface area contributed by atoms with Gasteiger partial charge < -0.3 is 5.11 Å². The quantitative estimate of drug-likeness (QED) is 0.773. The van der Waals surface area contributed by atoms with Gasteiger partial charge in [0.2, 0.25) is 0 Å². The normalized spacial score (nSPS) is 11.6. The molecule has 3 N–H and O–H groups in total. The molecule has 0 saturated heterocycles. The second kappa shape index (κ2) is 5.51. The zero-order valence-electron chi connectivity index (χ0n) is 10.3. The third-order valence-corrected chi connectivity index (χ3v) is 4.79. The summed E-state index contributed by atoms with van der Waals surface area (Å²) < 4.78 is 40.7. The molecule has 0 aliphatic carbocycles. The molecule has 0 amide bonds. The fourth-order valence-electron chi connectivity index (χ4n) is 1.71. The van der Waals surface area contributed by atoms with Gasteiger partial charge in [-0.05, 0) is 35.0 Å². The first-order valence-electron chi connectivity index (χ1n) is 5.48. The lowest BCUT2D eigenvalue weighted by Gasteiger charge is -2.11. The summed E-state index contributed by atoms with van der Waals surface area (Å²) in [6, 6.07) is 4.09. The lowest BCUT2D eigenvalue weighted by Crippen LogP contribution is -2.16. The Hall–Kier alpha value is -1.45. The highest BCUT2D eigenvalue weighted by Gasteiger charge is 2.25. The number of halogens is 2. The van der Waals surface area contributed by atoms with Gasteiger partial charge in [0.25, 0.3) is 10.0 Å². The molecule has 2 aromatic rings. The van der Waals surface area contributed by atoms with Gasteiger partial charge in [-0.2, -0.15) is 5.10 Å². The van der Waals surface area contributed by atoms with Gasteiger partial charge in [0, 0.05) is 4.47 Å². The van der Waals surface area contributed by atoms with E-state index in [2.05, 4.69) is 30.8 Å². The maximum absolute atomic E-state index is 13.7. The van der Waals surface area contributed by atoms with Crippen molar-refractivity contribution in [3.63, 3.8) is 0 Å². The Balaban J connectivity index is 2.49. The van der Waals surface area contributed by atoms with Crippen molar-refractivity contribution in [2.75, 3.05) is 4.72 Å². The Labute approximate surface area is 123 Å². The Bertz CT molecular complexity index is 725. The van der Waals surface area contributed by atoms with Gasteiger partial charge in [0.15, 0.2) is 0 Å². The van der Waals surface area contributed by atoms with E-state index in [0.29, 0.717) is 0 Å². The zero-order valence-corrected chi connectivity index (χ0v) is 12.7. The van der Waals surface area contributed by atoms with E-state index in [1.165, 1.54) is 19.1 Å². The van der Waals surface area contributed by atoms with Crippen molar-refractivity contribution >= 4 is 31.6 Å². The fourth-order valence-corrected chi connectivity index (χ4v) is 3.73. The van der Waals surface area contributed by atoms with Crippen molar-refractivity contribution in [3.05, 3.63) is 39.9 Å². The number of hydrogen-bond donors (Lipinski definition) is 3. The zero-order chi connectivity index (χ0) is 14.9. The molecule has 0 radical (unpaired) electrons. The molecule has 0 aliphatic heterocycles. The Kier molecular flexibility index (Phi) is 4.11. The number of aromatic nitrogens is 2. The molecule has 6 nitrogen and oxygen atoms in total. The Morgan fingerprint density at radius 2 is 2.20 bits per heavy atom. The minimum Gasteiger partial charge on any atom is -0.390 e. The summed E-state index contributed by atoms with van der Waals surface area (Å²) in [4.78, 5) is -0.185. The van der Waals surface area contributed by atoms with E-state index in [-0.39, 0.29) is 26.4 Å². The molecule has 1 heterocycles. The molecule has 0 fully saturated rings. The number of benzene rings is 1. The summed E-state index contributed by atoms with van der Waals surface area (Å²) in [5.74, 6) is -0.713. The van der Waals surface area contributed by atoms with Crippen molar-refractivity contribution < 1.29 is 17.9 Å². The predicted octanol–water partition coefficient (Wildman–Crippen LogP) is 1.91. The molecule has 0 atom stereocenters. The second-order valence-electron chi connectivity index (χ2n) is 3.98. The first-order chi connectivity index (χ1) is 9.36. The summed E-state index contributed by atoms with van der Waals surface area (Å²) in [6.45, 7) is 0.955. The van der Waals surface area contributed by atoms with E-state index in [1.807, 2.05) is 0 Å². The number of H-pyrrole nitrogens is 1. The van der Waals surface area contributed by atoms with Crippen LogP contribution in [0.15, 0.2) is 27.6 Å². The summed E-state index contributed by atoms with van der Waals surface area (Å²) >= 11 is 3.08. The third kappa shape index (κ3) is 2.69. The predicted molar refractivity (Wildman–Crippen MR) is 74.2 cm³/mol. The van der Waals surface area contributed by atoms with Crippen LogP contribution in [0.5, 0.6) is 0 Å². The van der Waals surface area contributed by atoms with Crippen LogP contribution in [-0.4, -0.2) is 23.7 Å². The van der Waals surface area contributed by atoms with Gasteiger partial charge in [-0.25, -0.2) is 12.8 Å². The highest BCUT2D eigenvalue weighted by molar-refractivity contribution is 9.10. The van der Waals surface area contributed by atoms with Crippen LogP contribution in [0.25, 0.3) is 0 Å². The van der Waals surface area contributed by atoms with E-state index in [1.54, 1.807) is 0 Å². The first-order valence-corrected chi connectivity index (χ1v) is 7.76. The number of hydrogen-bond acceptors (Lipinski definition) is 4. The molecule has 0 aliphatic rings. The van der Waals surface area contributed by atoms with Crippen molar-refractivity contribution in [2.45, 2.75) is 18.4 Å². The summed E-state index contributed by atoms with van der Waals surface area (Å²) in [5.41, 5.74) is 0.0356. The molecule has 0 saturated carbocycles. The van der Waals surface area contributed by atoms with Gasteiger partial charge >= 0.3 is 0 Å². The first kappa shape index (κ1) is 14.9. The highest BCUT2D eigenvalue weighted by atomic mass is 79.9. The summed E-state index contributed by atoms with van der Waals surface area (Å²) in [7, 11) is -4.06. The number of aliphatic hydroxyl groups is 1. The number of para-hydroxylation sites is 1. The van der Waals surface area contributed by atoms with Gasteiger partial charge in [-0.3, -0.25) is 9.82 Å². The molecular formula is C11H11BrFN3O3S. The van der Waals surface area contributed by atoms with E-state index < -0.39 is 22.4 Å². The van der Waals surface area contributed by atoms with Crippen LogP contribution >= 0.6 is 15.9 Å². The van der Waals surface area contributed by atoms with E-state index in [9.17, 15) is 12.8 Å². The fraction of sp³-hybridized carbons (Fsp3) is 0.182. The average Bonchev–Trinajstić information content (AvgIpc) is 2.76. The maximum atomic E-state index is 13.7. The van der Waals surface area contributed by atoms with E-state index >= 15 is 0 Å². The maximum Gasteiger partial charge on any atom is 0.265 e. The Morgan fingerprint density at radius 3 is 2.80 bits per heavy atom. The monoisotopic (exact) mass is 363 g/mol. The van der Waals surface area contributed by atoms with Crippen LogP contribution < -0.4 is 4.72 Å². The van der Waals surface area contributed by atoms with E-state index in [0.717, 1.165) is 6.07 Å². The van der Waals surface area contributed by atoms with Gasteiger partial charge in [-0.15, -0.1) is 0 Å². The summed E-state index contributed by atoms with van der Waals surface area (Å²) in [5, 5.41) is 15.3. The smallest absolute Gasteiger partial charge is 0.265 e. The topological polar surface area (TPSA) is 95.1 Å². The van der Waals surface area contributed by atoms with Crippen LogP contribution in [-0.2, 0) is 16.6 Å². The van der Waals surface area contributed by atoms with Crippen molar-refractivity contribution in [1.82, 2.24) is 10.2 Å².